The second-order valence-electron chi connectivity index (χ2n) is 9.49. The van der Waals surface area contributed by atoms with E-state index in [1.54, 1.807) is 0 Å². The molecule has 0 aliphatic heterocycles. The standard InChI is InChI=1S/C31H33OPS/c1-22(34)27-16-10-11-17-29(27)33-31(2,3)28-21-25(18-23-12-6-4-7-13-23)20-26(30(28)32)19-24-14-8-5-9-15-24/h4-17,20-22,32-34H,18-19H2,1-3H3. The minimum absolute atomic E-state index is 0.172. The SMILES string of the molecule is CC(S)c1ccccc1PC(C)(C)c1cc(Cc2ccccc2)cc(Cc2ccccc2)c1O. The summed E-state index contributed by atoms with van der Waals surface area (Å²) in [5.41, 5.74) is 6.99. The molecule has 0 radical (unpaired) electrons. The lowest BCUT2D eigenvalue weighted by atomic mass is 9.90. The Kier molecular flexibility index (Phi) is 7.81. The van der Waals surface area contributed by atoms with Gasteiger partial charge in [-0.15, -0.1) is 0 Å². The Balaban J connectivity index is 1.76. The van der Waals surface area contributed by atoms with Crippen molar-refractivity contribution in [3.8, 4) is 5.75 Å². The summed E-state index contributed by atoms with van der Waals surface area (Å²) < 4.78 is 0. The van der Waals surface area contributed by atoms with Gasteiger partial charge in [0.05, 0.1) is 0 Å². The van der Waals surface area contributed by atoms with E-state index in [2.05, 4.69) is 112 Å². The van der Waals surface area contributed by atoms with Gasteiger partial charge in [0.1, 0.15) is 5.75 Å². The topological polar surface area (TPSA) is 20.2 Å². The van der Waals surface area contributed by atoms with Crippen LogP contribution in [-0.4, -0.2) is 5.11 Å². The Morgan fingerprint density at radius 1 is 0.765 bits per heavy atom. The molecule has 2 atom stereocenters. The van der Waals surface area contributed by atoms with Gasteiger partial charge in [-0.3, -0.25) is 0 Å². The fourth-order valence-electron chi connectivity index (χ4n) is 4.50. The molecule has 34 heavy (non-hydrogen) atoms. The average Bonchev–Trinajstić information content (AvgIpc) is 2.82. The lowest BCUT2D eigenvalue weighted by Gasteiger charge is -2.29. The van der Waals surface area contributed by atoms with Crippen LogP contribution in [0.15, 0.2) is 97.1 Å². The third kappa shape index (κ3) is 5.93. The lowest BCUT2D eigenvalue weighted by Crippen LogP contribution is -2.18. The van der Waals surface area contributed by atoms with E-state index in [1.165, 1.54) is 27.6 Å². The van der Waals surface area contributed by atoms with E-state index >= 15 is 0 Å². The molecule has 174 valence electrons. The van der Waals surface area contributed by atoms with E-state index in [0.717, 1.165) is 17.5 Å². The van der Waals surface area contributed by atoms with Gasteiger partial charge in [0.2, 0.25) is 0 Å². The number of phenolic OH excluding ortho intramolecular Hbond substituents is 1. The minimum atomic E-state index is -0.221. The predicted octanol–water partition coefficient (Wildman–Crippen LogP) is 7.80. The van der Waals surface area contributed by atoms with Gasteiger partial charge in [-0.1, -0.05) is 119 Å². The zero-order chi connectivity index (χ0) is 24.1. The third-order valence-electron chi connectivity index (χ3n) is 6.27. The van der Waals surface area contributed by atoms with Crippen molar-refractivity contribution in [3.63, 3.8) is 0 Å². The van der Waals surface area contributed by atoms with Crippen molar-refractivity contribution in [3.05, 3.63) is 130 Å². The van der Waals surface area contributed by atoms with Crippen LogP contribution in [0.5, 0.6) is 5.75 Å². The highest BCUT2D eigenvalue weighted by molar-refractivity contribution is 7.80. The van der Waals surface area contributed by atoms with E-state index in [1.807, 2.05) is 6.07 Å². The molecule has 4 aromatic rings. The number of rotatable bonds is 8. The number of benzene rings is 4. The van der Waals surface area contributed by atoms with Crippen LogP contribution in [0, 0.1) is 0 Å². The molecule has 0 spiro atoms. The molecule has 2 unspecified atom stereocenters. The molecule has 0 aliphatic carbocycles. The van der Waals surface area contributed by atoms with Gasteiger partial charge in [0, 0.05) is 22.4 Å². The molecule has 0 bridgehead atoms. The highest BCUT2D eigenvalue weighted by Crippen LogP contribution is 2.47. The van der Waals surface area contributed by atoms with Crippen molar-refractivity contribution >= 4 is 26.5 Å². The summed E-state index contributed by atoms with van der Waals surface area (Å²) in [6.07, 6.45) is 1.56. The molecule has 0 saturated carbocycles. The van der Waals surface area contributed by atoms with E-state index in [4.69, 9.17) is 12.6 Å². The van der Waals surface area contributed by atoms with Gasteiger partial charge in [-0.25, -0.2) is 0 Å². The fraction of sp³-hybridized carbons (Fsp3) is 0.226. The Labute approximate surface area is 211 Å². The molecule has 0 saturated heterocycles. The molecular formula is C31H33OPS. The summed E-state index contributed by atoms with van der Waals surface area (Å²) in [4.78, 5) is 0. The van der Waals surface area contributed by atoms with Crippen LogP contribution in [0.25, 0.3) is 0 Å². The van der Waals surface area contributed by atoms with Crippen molar-refractivity contribution in [1.29, 1.82) is 0 Å². The average molecular weight is 485 g/mol. The van der Waals surface area contributed by atoms with Gasteiger partial charge in [0.15, 0.2) is 0 Å². The fourth-order valence-corrected chi connectivity index (χ4v) is 6.47. The van der Waals surface area contributed by atoms with Crippen LogP contribution in [0.4, 0.5) is 0 Å². The molecular weight excluding hydrogens is 451 g/mol. The first kappa shape index (κ1) is 24.6. The van der Waals surface area contributed by atoms with Crippen molar-refractivity contribution in [2.75, 3.05) is 0 Å². The summed E-state index contributed by atoms with van der Waals surface area (Å²) in [6, 6.07) is 33.9. The van der Waals surface area contributed by atoms with Crippen molar-refractivity contribution in [2.45, 2.75) is 44.0 Å². The first-order chi connectivity index (χ1) is 16.3. The quantitative estimate of drug-likeness (QED) is 0.193. The molecule has 0 amide bonds. The first-order valence-corrected chi connectivity index (χ1v) is 13.3. The van der Waals surface area contributed by atoms with Crippen LogP contribution < -0.4 is 5.30 Å². The molecule has 1 nitrogen and oxygen atoms in total. The summed E-state index contributed by atoms with van der Waals surface area (Å²) in [5.74, 6) is 0.426. The normalized spacial score (nSPS) is 12.8. The smallest absolute Gasteiger partial charge is 0.123 e. The van der Waals surface area contributed by atoms with E-state index < -0.39 is 0 Å². The Morgan fingerprint density at radius 3 is 1.94 bits per heavy atom. The van der Waals surface area contributed by atoms with Gasteiger partial charge < -0.3 is 5.11 Å². The highest BCUT2D eigenvalue weighted by Gasteiger charge is 2.28. The van der Waals surface area contributed by atoms with Gasteiger partial charge in [-0.05, 0) is 46.5 Å². The van der Waals surface area contributed by atoms with Gasteiger partial charge >= 0.3 is 0 Å². The second-order valence-corrected chi connectivity index (χ2v) is 12.3. The molecule has 0 aromatic heterocycles. The number of hydrogen-bond donors (Lipinski definition) is 2. The Morgan fingerprint density at radius 2 is 1.32 bits per heavy atom. The Hall–Kier alpha value is -2.54. The van der Waals surface area contributed by atoms with Crippen LogP contribution in [0.2, 0.25) is 0 Å². The minimum Gasteiger partial charge on any atom is -0.507 e. The van der Waals surface area contributed by atoms with Crippen molar-refractivity contribution < 1.29 is 5.11 Å². The number of thiol groups is 1. The van der Waals surface area contributed by atoms with Crippen LogP contribution in [0.1, 0.15) is 59.4 Å². The van der Waals surface area contributed by atoms with Crippen LogP contribution in [0.3, 0.4) is 0 Å². The maximum absolute atomic E-state index is 11.5. The largest absolute Gasteiger partial charge is 0.507 e. The first-order valence-electron chi connectivity index (χ1n) is 11.8. The molecule has 0 fully saturated rings. The summed E-state index contributed by atoms with van der Waals surface area (Å²) in [5, 5.41) is 12.8. The number of phenols is 1. The summed E-state index contributed by atoms with van der Waals surface area (Å²) >= 11 is 4.71. The maximum atomic E-state index is 11.5. The third-order valence-corrected chi connectivity index (χ3v) is 8.17. The summed E-state index contributed by atoms with van der Waals surface area (Å²) in [7, 11) is 0.516. The number of hydrogen-bond acceptors (Lipinski definition) is 2. The van der Waals surface area contributed by atoms with E-state index in [9.17, 15) is 5.11 Å². The van der Waals surface area contributed by atoms with E-state index in [-0.39, 0.29) is 10.4 Å². The van der Waals surface area contributed by atoms with Gasteiger partial charge in [0.25, 0.3) is 0 Å². The lowest BCUT2D eigenvalue weighted by molar-refractivity contribution is 0.455. The molecule has 0 heterocycles. The second kappa shape index (κ2) is 10.8. The highest BCUT2D eigenvalue weighted by atomic mass is 32.1. The molecule has 0 aliphatic rings. The molecule has 4 aromatic carbocycles. The van der Waals surface area contributed by atoms with Crippen LogP contribution in [-0.2, 0) is 18.0 Å². The monoisotopic (exact) mass is 484 g/mol. The summed E-state index contributed by atoms with van der Waals surface area (Å²) in [6.45, 7) is 6.62. The number of aromatic hydroxyl groups is 1. The van der Waals surface area contributed by atoms with Gasteiger partial charge in [-0.2, -0.15) is 12.6 Å². The molecule has 1 N–H and O–H groups in total. The Bertz CT molecular complexity index is 1230. The van der Waals surface area contributed by atoms with Crippen molar-refractivity contribution in [2.24, 2.45) is 0 Å². The zero-order valence-corrected chi connectivity index (χ0v) is 22.0. The van der Waals surface area contributed by atoms with E-state index in [0.29, 0.717) is 20.8 Å². The zero-order valence-electron chi connectivity index (χ0n) is 20.1. The maximum Gasteiger partial charge on any atom is 0.123 e. The molecule has 4 rings (SSSR count). The predicted molar refractivity (Wildman–Crippen MR) is 151 cm³/mol. The van der Waals surface area contributed by atoms with Crippen molar-refractivity contribution in [1.82, 2.24) is 0 Å². The van der Waals surface area contributed by atoms with Crippen LogP contribution >= 0.6 is 21.2 Å². The molecule has 3 heteroatoms.